The number of fused-ring (bicyclic) bond motifs is 5. The van der Waals surface area contributed by atoms with Crippen LogP contribution in [0.5, 0.6) is 0 Å². The quantitative estimate of drug-likeness (QED) is 0.669. The van der Waals surface area contributed by atoms with E-state index in [1.54, 1.807) is 33.6 Å². The zero-order valence-electron chi connectivity index (χ0n) is 16.6. The Hall–Kier alpha value is -1.96. The molecule has 0 saturated carbocycles. The highest BCUT2D eigenvalue weighted by Crippen LogP contribution is 2.56. The summed E-state index contributed by atoms with van der Waals surface area (Å²) in [5, 5.41) is 3.50. The first-order valence-corrected chi connectivity index (χ1v) is 10.9. The van der Waals surface area contributed by atoms with Gasteiger partial charge in [0.05, 0.1) is 6.04 Å². The van der Waals surface area contributed by atoms with E-state index in [1.807, 2.05) is 0 Å². The van der Waals surface area contributed by atoms with E-state index in [0.717, 1.165) is 18.4 Å². The molecule has 6 rings (SSSR count). The number of rotatable bonds is 2. The van der Waals surface area contributed by atoms with Crippen LogP contribution in [-0.2, 0) is 0 Å². The summed E-state index contributed by atoms with van der Waals surface area (Å²) in [6.45, 7) is 5.66. The number of nitrogens with zero attached hydrogens (tertiary/aromatic N) is 1. The van der Waals surface area contributed by atoms with Crippen LogP contribution in [0.3, 0.4) is 0 Å². The van der Waals surface area contributed by atoms with Crippen molar-refractivity contribution >= 4 is 0 Å². The zero-order valence-corrected chi connectivity index (χ0v) is 16.6. The molecule has 2 heteroatoms. The van der Waals surface area contributed by atoms with E-state index in [4.69, 9.17) is 0 Å². The van der Waals surface area contributed by atoms with Crippen molar-refractivity contribution in [3.05, 3.63) is 69.8 Å². The van der Waals surface area contributed by atoms with Gasteiger partial charge in [0.1, 0.15) is 0 Å². The summed E-state index contributed by atoms with van der Waals surface area (Å²) in [7, 11) is 0. The molecule has 0 spiro atoms. The molecule has 1 saturated heterocycles. The normalized spacial score (nSPS) is 34.2. The molecular formula is C25H30N2. The average Bonchev–Trinajstić information content (AvgIpc) is 3.17. The minimum absolute atomic E-state index is 0.557. The standard InChI is InChI=1S/C25H30N2/c1-15-16(2)21(15)13-18-8-10-20-22-14-26-12-11-24(22)27-23-6-4-3-5-17(23)7-9-19(18)25(20)27/h3,5,7,11,14,18,20-21,23,26H,4,6,8-10,12-13H2,1-2H3. The third-order valence-corrected chi connectivity index (χ3v) is 8.09. The Morgan fingerprint density at radius 1 is 1.11 bits per heavy atom. The highest BCUT2D eigenvalue weighted by molar-refractivity contribution is 5.54. The molecule has 0 bridgehead atoms. The maximum absolute atomic E-state index is 3.50. The van der Waals surface area contributed by atoms with Crippen LogP contribution in [0.1, 0.15) is 52.4 Å². The lowest BCUT2D eigenvalue weighted by Crippen LogP contribution is -2.35. The molecule has 3 heterocycles. The van der Waals surface area contributed by atoms with Gasteiger partial charge in [-0.1, -0.05) is 29.4 Å². The smallest absolute Gasteiger partial charge is 0.0588 e. The van der Waals surface area contributed by atoms with Gasteiger partial charge < -0.3 is 10.2 Å². The molecule has 6 aliphatic rings. The molecule has 1 fully saturated rings. The molecule has 3 aliphatic heterocycles. The van der Waals surface area contributed by atoms with Gasteiger partial charge in [0.2, 0.25) is 0 Å². The van der Waals surface area contributed by atoms with Crippen LogP contribution in [-0.4, -0.2) is 17.5 Å². The molecule has 0 radical (unpaired) electrons. The summed E-state index contributed by atoms with van der Waals surface area (Å²) >= 11 is 0. The number of dihydropyridines is 1. The molecule has 1 N–H and O–H groups in total. The molecule has 3 unspecified atom stereocenters. The van der Waals surface area contributed by atoms with Gasteiger partial charge in [-0.15, -0.1) is 0 Å². The Labute approximate surface area is 163 Å². The van der Waals surface area contributed by atoms with Crippen molar-refractivity contribution < 1.29 is 0 Å². The van der Waals surface area contributed by atoms with Crippen molar-refractivity contribution in [1.82, 2.24) is 10.2 Å². The predicted octanol–water partition coefficient (Wildman–Crippen LogP) is 5.36. The number of hydrogen-bond donors (Lipinski definition) is 1. The Morgan fingerprint density at radius 2 is 2.00 bits per heavy atom. The van der Waals surface area contributed by atoms with Gasteiger partial charge >= 0.3 is 0 Å². The number of nitrogens with one attached hydrogen (secondary N) is 1. The molecule has 0 aromatic carbocycles. The summed E-state index contributed by atoms with van der Waals surface area (Å²) in [6, 6.07) is 0.557. The van der Waals surface area contributed by atoms with Crippen molar-refractivity contribution in [2.45, 2.75) is 58.4 Å². The number of allylic oxidation sites excluding steroid dienone is 7. The molecule has 0 aromatic heterocycles. The van der Waals surface area contributed by atoms with Crippen molar-refractivity contribution in [1.29, 1.82) is 0 Å². The van der Waals surface area contributed by atoms with E-state index in [1.165, 1.54) is 44.2 Å². The zero-order chi connectivity index (χ0) is 18.1. The highest BCUT2D eigenvalue weighted by Gasteiger charge is 2.47. The second-order valence-electron chi connectivity index (χ2n) is 9.26. The summed E-state index contributed by atoms with van der Waals surface area (Å²) < 4.78 is 0. The lowest BCUT2D eigenvalue weighted by Gasteiger charge is -2.37. The van der Waals surface area contributed by atoms with Crippen LogP contribution >= 0.6 is 0 Å². The van der Waals surface area contributed by atoms with Gasteiger partial charge in [0.15, 0.2) is 0 Å². The molecule has 2 nitrogen and oxygen atoms in total. The molecule has 3 aliphatic carbocycles. The van der Waals surface area contributed by atoms with Gasteiger partial charge in [0, 0.05) is 41.5 Å². The van der Waals surface area contributed by atoms with E-state index < -0.39 is 0 Å². The second kappa shape index (κ2) is 5.77. The molecule has 0 aromatic rings. The van der Waals surface area contributed by atoms with E-state index in [2.05, 4.69) is 54.6 Å². The summed E-state index contributed by atoms with van der Waals surface area (Å²) in [6.07, 6.45) is 19.8. The van der Waals surface area contributed by atoms with Crippen LogP contribution in [0.4, 0.5) is 0 Å². The van der Waals surface area contributed by atoms with Gasteiger partial charge in [-0.05, 0) is 75.5 Å². The highest BCUT2D eigenvalue weighted by atomic mass is 15.2. The fraction of sp³-hybridized carbons (Fsp3) is 0.520. The van der Waals surface area contributed by atoms with Gasteiger partial charge in [-0.25, -0.2) is 0 Å². The van der Waals surface area contributed by atoms with E-state index in [0.29, 0.717) is 12.0 Å². The summed E-state index contributed by atoms with van der Waals surface area (Å²) in [4.78, 5) is 2.79. The Bertz CT molecular complexity index is 879. The minimum atomic E-state index is 0.557. The topological polar surface area (TPSA) is 15.3 Å². The molecular weight excluding hydrogens is 328 g/mol. The predicted molar refractivity (Wildman–Crippen MR) is 111 cm³/mol. The van der Waals surface area contributed by atoms with Gasteiger partial charge in [0.25, 0.3) is 0 Å². The van der Waals surface area contributed by atoms with E-state index in [9.17, 15) is 0 Å². The minimum Gasteiger partial charge on any atom is -0.387 e. The lowest BCUT2D eigenvalue weighted by molar-refractivity contribution is 0.314. The largest absolute Gasteiger partial charge is 0.387 e. The summed E-state index contributed by atoms with van der Waals surface area (Å²) in [5.74, 6) is 2.20. The Morgan fingerprint density at radius 3 is 2.85 bits per heavy atom. The second-order valence-corrected chi connectivity index (χ2v) is 9.26. The maximum atomic E-state index is 3.50. The van der Waals surface area contributed by atoms with Gasteiger partial charge in [-0.3, -0.25) is 0 Å². The third-order valence-electron chi connectivity index (χ3n) is 8.09. The maximum Gasteiger partial charge on any atom is 0.0588 e. The van der Waals surface area contributed by atoms with Gasteiger partial charge in [-0.2, -0.15) is 0 Å². The summed E-state index contributed by atoms with van der Waals surface area (Å²) in [5.41, 5.74) is 11.5. The Balaban J connectivity index is 1.46. The monoisotopic (exact) mass is 358 g/mol. The van der Waals surface area contributed by atoms with Crippen LogP contribution in [0, 0.1) is 17.8 Å². The Kier molecular flexibility index (Phi) is 3.43. The van der Waals surface area contributed by atoms with Crippen molar-refractivity contribution in [3.63, 3.8) is 0 Å². The lowest BCUT2D eigenvalue weighted by atomic mass is 9.74. The van der Waals surface area contributed by atoms with Crippen LogP contribution in [0.15, 0.2) is 69.8 Å². The molecule has 0 amide bonds. The average molecular weight is 359 g/mol. The SMILES string of the molecule is CC1=C(C)C1CC1CCC2C3=CNCC=C3N3C2=C1CC=C1C=CCCC13. The first kappa shape index (κ1) is 16.0. The molecule has 140 valence electrons. The fourth-order valence-electron chi connectivity index (χ4n) is 6.42. The first-order valence-electron chi connectivity index (χ1n) is 10.9. The van der Waals surface area contributed by atoms with E-state index >= 15 is 0 Å². The third kappa shape index (κ3) is 2.25. The number of hydrogen-bond acceptors (Lipinski definition) is 2. The van der Waals surface area contributed by atoms with Crippen LogP contribution in [0.2, 0.25) is 0 Å². The fourth-order valence-corrected chi connectivity index (χ4v) is 6.42. The first-order chi connectivity index (χ1) is 13.2. The molecule has 27 heavy (non-hydrogen) atoms. The van der Waals surface area contributed by atoms with Crippen molar-refractivity contribution in [2.24, 2.45) is 17.8 Å². The van der Waals surface area contributed by atoms with Crippen molar-refractivity contribution in [3.8, 4) is 0 Å². The molecule has 3 atom stereocenters. The van der Waals surface area contributed by atoms with Crippen LogP contribution < -0.4 is 5.32 Å². The van der Waals surface area contributed by atoms with Crippen LogP contribution in [0.25, 0.3) is 0 Å². The van der Waals surface area contributed by atoms with E-state index in [-0.39, 0.29) is 0 Å². The van der Waals surface area contributed by atoms with Crippen molar-refractivity contribution in [2.75, 3.05) is 6.54 Å².